The van der Waals surface area contributed by atoms with Crippen LogP contribution in [0.3, 0.4) is 0 Å². The van der Waals surface area contributed by atoms with Crippen molar-refractivity contribution in [2.24, 2.45) is 62.4 Å². The van der Waals surface area contributed by atoms with E-state index in [9.17, 15) is 14.4 Å². The minimum Gasteiger partial charge on any atom is -0.465 e. The summed E-state index contributed by atoms with van der Waals surface area (Å²) in [6, 6.07) is 0. The van der Waals surface area contributed by atoms with Gasteiger partial charge in [-0.2, -0.15) is 0 Å². The predicted octanol–water partition coefficient (Wildman–Crippen LogP) is 6.58. The summed E-state index contributed by atoms with van der Waals surface area (Å²) in [4.78, 5) is 38.3. The van der Waals surface area contributed by atoms with Crippen molar-refractivity contribution in [1.29, 1.82) is 0 Å². The van der Waals surface area contributed by atoms with E-state index in [-0.39, 0.29) is 58.1 Å². The second-order valence-electron chi connectivity index (χ2n) is 16.7. The van der Waals surface area contributed by atoms with Gasteiger partial charge in [0.1, 0.15) is 12.7 Å². The normalized spacial score (nSPS) is 46.0. The number of hydrogen-bond acceptors (Lipinski definition) is 6. The highest BCUT2D eigenvalue weighted by Crippen LogP contribution is 2.77. The lowest BCUT2D eigenvalue weighted by Crippen LogP contribution is -2.68. The molecule has 0 aliphatic heterocycles. The highest BCUT2D eigenvalue weighted by molar-refractivity contribution is 5.84. The number of rotatable bonds is 8. The predicted molar refractivity (Wildman–Crippen MR) is 172 cm³/mol. The van der Waals surface area contributed by atoms with Crippen LogP contribution < -0.4 is 11.1 Å². The minimum absolute atomic E-state index is 0.0457. The molecule has 3 N–H and O–H groups in total. The van der Waals surface area contributed by atoms with Gasteiger partial charge >= 0.3 is 11.9 Å². The van der Waals surface area contributed by atoms with Gasteiger partial charge in [0.05, 0.1) is 5.41 Å². The molecule has 5 fully saturated rings. The fraction of sp³-hybridized carbons (Fsp3) is 0.865. The van der Waals surface area contributed by atoms with Crippen molar-refractivity contribution in [3.8, 4) is 0 Å². The van der Waals surface area contributed by atoms with E-state index in [2.05, 4.69) is 46.5 Å². The summed E-state index contributed by atoms with van der Waals surface area (Å²) >= 11 is 0. The number of esters is 2. The molecule has 7 nitrogen and oxygen atoms in total. The molecule has 0 bridgehead atoms. The fourth-order valence-corrected chi connectivity index (χ4v) is 12.7. The Kier molecular flexibility index (Phi) is 8.92. The number of fused-ring (bicyclic) bond motifs is 7. The van der Waals surface area contributed by atoms with Gasteiger partial charge < -0.3 is 20.5 Å². The molecule has 11 atom stereocenters. The molecule has 0 spiro atoms. The molecule has 5 aliphatic rings. The van der Waals surface area contributed by atoms with E-state index in [4.69, 9.17) is 15.2 Å². The zero-order chi connectivity index (χ0) is 32.3. The molecule has 1 amide bonds. The third-order valence-corrected chi connectivity index (χ3v) is 14.8. The smallest absolute Gasteiger partial charge is 0.302 e. The second-order valence-corrected chi connectivity index (χ2v) is 16.7. The molecular formula is C37H60N2O5. The summed E-state index contributed by atoms with van der Waals surface area (Å²) in [5.41, 5.74) is 6.56. The molecule has 0 aromatic carbocycles. The van der Waals surface area contributed by atoms with E-state index >= 15 is 0 Å². The van der Waals surface area contributed by atoms with Crippen molar-refractivity contribution in [1.82, 2.24) is 5.32 Å². The van der Waals surface area contributed by atoms with Crippen LogP contribution in [-0.4, -0.2) is 43.6 Å². The lowest BCUT2D eigenvalue weighted by atomic mass is 9.32. The lowest BCUT2D eigenvalue weighted by molar-refractivity contribution is -0.256. The maximum absolute atomic E-state index is 14.1. The van der Waals surface area contributed by atoms with Crippen LogP contribution in [0.4, 0.5) is 0 Å². The minimum atomic E-state index is -0.427. The average Bonchev–Trinajstić information content (AvgIpc) is 3.35. The molecule has 0 aromatic heterocycles. The monoisotopic (exact) mass is 612 g/mol. The van der Waals surface area contributed by atoms with Crippen molar-refractivity contribution in [2.75, 3.05) is 19.7 Å². The van der Waals surface area contributed by atoms with Crippen molar-refractivity contribution in [3.63, 3.8) is 0 Å². The van der Waals surface area contributed by atoms with Gasteiger partial charge in [0.15, 0.2) is 0 Å². The molecule has 5 rings (SSSR count). The van der Waals surface area contributed by atoms with Crippen molar-refractivity contribution < 1.29 is 23.9 Å². The first-order chi connectivity index (χ1) is 20.6. The number of nitrogens with one attached hydrogen (secondary N) is 1. The second kappa shape index (κ2) is 11.7. The molecule has 0 aromatic rings. The molecule has 44 heavy (non-hydrogen) atoms. The van der Waals surface area contributed by atoms with Crippen LogP contribution in [0, 0.1) is 56.7 Å². The van der Waals surface area contributed by atoms with E-state index in [1.54, 1.807) is 0 Å². The van der Waals surface area contributed by atoms with E-state index in [1.165, 1.54) is 19.4 Å². The SMILES string of the molecule is C=C(C)[C@@H]1CC[C@]2(C(=O)NCCCN)CC[C@]3(C)C(CC[C@@H]4[C@@]5(C)CCC(OC(C)=O)[C@@](C)(COC(C)=O)[C@@H]5CC[C@]43C)[C@@H]12. The van der Waals surface area contributed by atoms with Crippen LogP contribution in [0.15, 0.2) is 12.2 Å². The van der Waals surface area contributed by atoms with Crippen LogP contribution in [0.2, 0.25) is 0 Å². The van der Waals surface area contributed by atoms with Gasteiger partial charge in [0.2, 0.25) is 5.91 Å². The summed E-state index contributed by atoms with van der Waals surface area (Å²) in [7, 11) is 0. The number of ether oxygens (including phenoxy) is 2. The number of hydrogen-bond donors (Lipinski definition) is 2. The Morgan fingerprint density at radius 1 is 0.841 bits per heavy atom. The van der Waals surface area contributed by atoms with Gasteiger partial charge in [0.25, 0.3) is 0 Å². The van der Waals surface area contributed by atoms with Gasteiger partial charge in [-0.25, -0.2) is 0 Å². The highest BCUT2D eigenvalue weighted by Gasteiger charge is 2.72. The van der Waals surface area contributed by atoms with E-state index in [1.807, 2.05) is 0 Å². The van der Waals surface area contributed by atoms with Gasteiger partial charge in [-0.15, -0.1) is 0 Å². The lowest BCUT2D eigenvalue weighted by Gasteiger charge is -2.73. The van der Waals surface area contributed by atoms with Gasteiger partial charge in [-0.05, 0) is 130 Å². The summed E-state index contributed by atoms with van der Waals surface area (Å²) in [5, 5.41) is 3.32. The summed E-state index contributed by atoms with van der Waals surface area (Å²) in [5.74, 6) is 1.71. The topological polar surface area (TPSA) is 108 Å². The molecule has 5 aliphatic carbocycles. The van der Waals surface area contributed by atoms with E-state index in [0.29, 0.717) is 36.8 Å². The van der Waals surface area contributed by atoms with E-state index in [0.717, 1.165) is 70.6 Å². The first-order valence-corrected chi connectivity index (χ1v) is 17.5. The largest absolute Gasteiger partial charge is 0.465 e. The Balaban J connectivity index is 1.50. The maximum atomic E-state index is 14.1. The quantitative estimate of drug-likeness (QED) is 0.182. The van der Waals surface area contributed by atoms with Crippen LogP contribution in [0.5, 0.6) is 0 Å². The number of carbonyl (C=O) groups is 3. The molecule has 248 valence electrons. The summed E-state index contributed by atoms with van der Waals surface area (Å²) in [6.07, 6.45) is 10.8. The van der Waals surface area contributed by atoms with Gasteiger partial charge in [-0.3, -0.25) is 14.4 Å². The molecule has 7 heteroatoms. The Hall–Kier alpha value is -1.89. The third kappa shape index (κ3) is 4.88. The zero-order valence-corrected chi connectivity index (χ0v) is 28.7. The molecule has 0 heterocycles. The van der Waals surface area contributed by atoms with Crippen LogP contribution in [0.1, 0.15) is 119 Å². The Bertz CT molecular complexity index is 1170. The highest BCUT2D eigenvalue weighted by atomic mass is 16.6. The molecule has 5 saturated carbocycles. The van der Waals surface area contributed by atoms with Gasteiger partial charge in [-0.1, -0.05) is 39.8 Å². The molecule has 2 unspecified atom stereocenters. The van der Waals surface area contributed by atoms with Crippen LogP contribution >= 0.6 is 0 Å². The number of carbonyl (C=O) groups excluding carboxylic acids is 3. The van der Waals surface area contributed by atoms with Crippen molar-refractivity contribution in [2.45, 2.75) is 125 Å². The molecule has 0 radical (unpaired) electrons. The first kappa shape index (κ1) is 33.5. The van der Waals surface area contributed by atoms with Crippen molar-refractivity contribution >= 4 is 17.8 Å². The zero-order valence-electron chi connectivity index (χ0n) is 28.7. The Morgan fingerprint density at radius 3 is 2.20 bits per heavy atom. The number of allylic oxidation sites excluding steroid dienone is 1. The fourth-order valence-electron chi connectivity index (χ4n) is 12.7. The van der Waals surface area contributed by atoms with Crippen molar-refractivity contribution in [3.05, 3.63) is 12.2 Å². The van der Waals surface area contributed by atoms with E-state index < -0.39 is 5.41 Å². The van der Waals surface area contributed by atoms with Gasteiger partial charge in [0, 0.05) is 25.8 Å². The first-order valence-electron chi connectivity index (χ1n) is 17.5. The van der Waals surface area contributed by atoms with Crippen LogP contribution in [-0.2, 0) is 23.9 Å². The maximum Gasteiger partial charge on any atom is 0.302 e. The Labute approximate surface area is 266 Å². The molecular weight excluding hydrogens is 552 g/mol. The van der Waals surface area contributed by atoms with Crippen LogP contribution in [0.25, 0.3) is 0 Å². The summed E-state index contributed by atoms with van der Waals surface area (Å²) < 4.78 is 11.7. The molecule has 0 saturated heterocycles. The summed E-state index contributed by atoms with van der Waals surface area (Å²) in [6.45, 7) is 21.0. The Morgan fingerprint density at radius 2 is 1.57 bits per heavy atom. The number of amides is 1. The average molecular weight is 613 g/mol. The third-order valence-electron chi connectivity index (χ3n) is 14.8. The standard InChI is InChI=1S/C37H60N2O5/c1-23(2)26-12-17-37(32(42)39-21-9-20-38)19-18-35(7)27(31(26)37)10-11-29-33(5)15-14-30(44-25(4)41)34(6,22-43-24(3)40)28(33)13-16-36(29,35)8/h26-31H,1,9-22,38H2,2-8H3,(H,39,42)/t26-,27?,28+,29+,30?,31+,33-,34-,35+,36+,37-/m0/s1. The number of nitrogens with two attached hydrogens (primary N) is 1.